The summed E-state index contributed by atoms with van der Waals surface area (Å²) in [5.74, 6) is 2.42. The average molecular weight is 192 g/mol. The quantitative estimate of drug-likeness (QED) is 0.646. The molecule has 2 unspecified atom stereocenters. The fourth-order valence-electron chi connectivity index (χ4n) is 2.87. The SMILES string of the molecule is Cc1c(C2C3CN(C)CC32)nnn1C. The predicted molar refractivity (Wildman–Crippen MR) is 53.0 cm³/mol. The Bertz CT molecular complexity index is 358. The predicted octanol–water partition coefficient (Wildman–Crippen LogP) is 0.399. The minimum atomic E-state index is 0.708. The summed E-state index contributed by atoms with van der Waals surface area (Å²) in [6, 6.07) is 0. The van der Waals surface area contributed by atoms with Crippen molar-refractivity contribution in [3.63, 3.8) is 0 Å². The molecule has 2 atom stereocenters. The van der Waals surface area contributed by atoms with E-state index in [1.807, 2.05) is 11.7 Å². The van der Waals surface area contributed by atoms with Crippen LogP contribution in [0.2, 0.25) is 0 Å². The first kappa shape index (κ1) is 8.41. The fraction of sp³-hybridized carbons (Fsp3) is 0.800. The van der Waals surface area contributed by atoms with Crippen molar-refractivity contribution in [2.24, 2.45) is 18.9 Å². The first-order valence-electron chi connectivity index (χ1n) is 5.23. The number of hydrogen-bond donors (Lipinski definition) is 0. The number of fused-ring (bicyclic) bond motifs is 1. The van der Waals surface area contributed by atoms with Crippen LogP contribution in [0, 0.1) is 18.8 Å². The number of rotatable bonds is 1. The van der Waals surface area contributed by atoms with Gasteiger partial charge in [0.05, 0.1) is 11.4 Å². The first-order chi connectivity index (χ1) is 6.68. The summed E-state index contributed by atoms with van der Waals surface area (Å²) in [6.07, 6.45) is 0. The van der Waals surface area contributed by atoms with E-state index in [4.69, 9.17) is 0 Å². The Balaban J connectivity index is 1.84. The van der Waals surface area contributed by atoms with Crippen LogP contribution in [0.3, 0.4) is 0 Å². The average Bonchev–Trinajstić information content (AvgIpc) is 2.52. The Hall–Kier alpha value is -0.900. The van der Waals surface area contributed by atoms with Gasteiger partial charge >= 0.3 is 0 Å². The van der Waals surface area contributed by atoms with E-state index in [1.165, 1.54) is 24.5 Å². The summed E-state index contributed by atoms with van der Waals surface area (Å²) in [4.78, 5) is 2.41. The van der Waals surface area contributed by atoms with Crippen LogP contribution in [0.25, 0.3) is 0 Å². The van der Waals surface area contributed by atoms with Crippen LogP contribution in [0.4, 0.5) is 0 Å². The Morgan fingerprint density at radius 3 is 2.36 bits per heavy atom. The fourth-order valence-corrected chi connectivity index (χ4v) is 2.87. The van der Waals surface area contributed by atoms with Crippen molar-refractivity contribution in [2.45, 2.75) is 12.8 Å². The molecule has 0 N–H and O–H groups in total. The monoisotopic (exact) mass is 192 g/mol. The molecule has 1 saturated carbocycles. The van der Waals surface area contributed by atoms with Gasteiger partial charge in [-0.25, -0.2) is 0 Å². The van der Waals surface area contributed by atoms with E-state index in [1.54, 1.807) is 0 Å². The molecular formula is C10H16N4. The topological polar surface area (TPSA) is 34.0 Å². The third-order valence-electron chi connectivity index (χ3n) is 3.84. The van der Waals surface area contributed by atoms with Crippen LogP contribution in [0.1, 0.15) is 17.3 Å². The van der Waals surface area contributed by atoms with Crippen molar-refractivity contribution >= 4 is 0 Å². The molecule has 0 amide bonds. The van der Waals surface area contributed by atoms with Crippen LogP contribution >= 0.6 is 0 Å². The largest absolute Gasteiger partial charge is 0.306 e. The van der Waals surface area contributed by atoms with E-state index in [0.717, 1.165) is 11.8 Å². The number of aryl methyl sites for hydroxylation is 1. The van der Waals surface area contributed by atoms with Gasteiger partial charge in [0.25, 0.3) is 0 Å². The summed E-state index contributed by atoms with van der Waals surface area (Å²) in [5.41, 5.74) is 2.49. The van der Waals surface area contributed by atoms with E-state index < -0.39 is 0 Å². The van der Waals surface area contributed by atoms with Crippen molar-refractivity contribution in [1.82, 2.24) is 19.9 Å². The van der Waals surface area contributed by atoms with Gasteiger partial charge in [0.15, 0.2) is 0 Å². The standard InChI is InChI=1S/C10H16N4/c1-6-10(11-12-14(6)3)9-7-4-13(2)5-8(7)9/h7-9H,4-5H2,1-3H3. The van der Waals surface area contributed by atoms with Gasteiger partial charge in [0, 0.05) is 26.1 Å². The molecule has 3 rings (SSSR count). The zero-order valence-electron chi connectivity index (χ0n) is 8.94. The van der Waals surface area contributed by atoms with Gasteiger partial charge in [-0.1, -0.05) is 5.21 Å². The molecule has 4 heteroatoms. The summed E-state index contributed by atoms with van der Waals surface area (Å²) >= 11 is 0. The summed E-state index contributed by atoms with van der Waals surface area (Å²) < 4.78 is 1.88. The maximum Gasteiger partial charge on any atom is 0.0893 e. The molecule has 1 aromatic heterocycles. The molecule has 0 radical (unpaired) electrons. The Labute approximate surface area is 83.9 Å². The third-order valence-corrected chi connectivity index (χ3v) is 3.84. The molecule has 0 spiro atoms. The van der Waals surface area contributed by atoms with Gasteiger partial charge < -0.3 is 4.90 Å². The summed E-state index contributed by atoms with van der Waals surface area (Å²) in [6.45, 7) is 4.60. The lowest BCUT2D eigenvalue weighted by Crippen LogP contribution is -2.18. The van der Waals surface area contributed by atoms with Crippen LogP contribution < -0.4 is 0 Å². The van der Waals surface area contributed by atoms with Crippen LogP contribution in [-0.2, 0) is 7.05 Å². The Kier molecular flexibility index (Phi) is 1.54. The van der Waals surface area contributed by atoms with Gasteiger partial charge in [-0.3, -0.25) is 4.68 Å². The van der Waals surface area contributed by atoms with Gasteiger partial charge in [0.1, 0.15) is 0 Å². The highest BCUT2D eigenvalue weighted by molar-refractivity contribution is 5.27. The van der Waals surface area contributed by atoms with Crippen LogP contribution in [0.5, 0.6) is 0 Å². The maximum absolute atomic E-state index is 4.28. The number of likely N-dealkylation sites (tertiary alicyclic amines) is 1. The molecule has 76 valence electrons. The molecule has 1 saturated heterocycles. The Morgan fingerprint density at radius 2 is 1.86 bits per heavy atom. The molecule has 2 heterocycles. The second-order valence-corrected chi connectivity index (χ2v) is 4.76. The molecule has 1 aliphatic carbocycles. The third kappa shape index (κ3) is 0.974. The zero-order chi connectivity index (χ0) is 9.87. The van der Waals surface area contributed by atoms with Crippen molar-refractivity contribution < 1.29 is 0 Å². The van der Waals surface area contributed by atoms with E-state index in [9.17, 15) is 0 Å². The molecule has 2 aliphatic rings. The van der Waals surface area contributed by atoms with Crippen molar-refractivity contribution in [1.29, 1.82) is 0 Å². The van der Waals surface area contributed by atoms with E-state index in [-0.39, 0.29) is 0 Å². The molecular weight excluding hydrogens is 176 g/mol. The van der Waals surface area contributed by atoms with Gasteiger partial charge in [-0.15, -0.1) is 5.10 Å². The highest BCUT2D eigenvalue weighted by atomic mass is 15.4. The van der Waals surface area contributed by atoms with E-state index in [0.29, 0.717) is 5.92 Å². The van der Waals surface area contributed by atoms with E-state index in [2.05, 4.69) is 29.2 Å². The molecule has 2 fully saturated rings. The van der Waals surface area contributed by atoms with Crippen molar-refractivity contribution in [3.05, 3.63) is 11.4 Å². The number of aromatic nitrogens is 3. The van der Waals surface area contributed by atoms with Crippen molar-refractivity contribution in [2.75, 3.05) is 20.1 Å². The highest BCUT2D eigenvalue weighted by Gasteiger charge is 2.57. The summed E-state index contributed by atoms with van der Waals surface area (Å²) in [7, 11) is 4.17. The molecule has 14 heavy (non-hydrogen) atoms. The molecule has 0 aromatic carbocycles. The molecule has 0 bridgehead atoms. The second kappa shape index (κ2) is 2.57. The molecule has 4 nitrogen and oxygen atoms in total. The Morgan fingerprint density at radius 1 is 1.21 bits per heavy atom. The lowest BCUT2D eigenvalue weighted by molar-refractivity contribution is 0.361. The zero-order valence-corrected chi connectivity index (χ0v) is 8.94. The normalized spacial score (nSPS) is 36.1. The minimum Gasteiger partial charge on any atom is -0.306 e. The molecule has 1 aromatic rings. The van der Waals surface area contributed by atoms with Crippen LogP contribution in [0.15, 0.2) is 0 Å². The van der Waals surface area contributed by atoms with Gasteiger partial charge in [-0.2, -0.15) is 0 Å². The molecule has 1 aliphatic heterocycles. The van der Waals surface area contributed by atoms with Gasteiger partial charge in [0.2, 0.25) is 0 Å². The number of nitrogens with zero attached hydrogens (tertiary/aromatic N) is 4. The van der Waals surface area contributed by atoms with Gasteiger partial charge in [-0.05, 0) is 25.8 Å². The summed E-state index contributed by atoms with van der Waals surface area (Å²) in [5, 5.41) is 8.36. The second-order valence-electron chi connectivity index (χ2n) is 4.76. The minimum absolute atomic E-state index is 0.708. The van der Waals surface area contributed by atoms with Crippen molar-refractivity contribution in [3.8, 4) is 0 Å². The maximum atomic E-state index is 4.28. The number of hydrogen-bond acceptors (Lipinski definition) is 3. The lowest BCUT2D eigenvalue weighted by atomic mass is 10.1. The smallest absolute Gasteiger partial charge is 0.0893 e. The van der Waals surface area contributed by atoms with Crippen LogP contribution in [-0.4, -0.2) is 40.0 Å². The van der Waals surface area contributed by atoms with E-state index >= 15 is 0 Å². The first-order valence-corrected chi connectivity index (χ1v) is 5.23. The lowest BCUT2D eigenvalue weighted by Gasteiger charge is -2.11. The number of piperidine rings is 1. The highest BCUT2D eigenvalue weighted by Crippen LogP contribution is 2.57.